The smallest absolute Gasteiger partial charge is 0.00646 e. The molecule has 2 N–H and O–H groups in total. The molecule has 0 saturated carbocycles. The van der Waals surface area contributed by atoms with Crippen LogP contribution in [0.4, 0.5) is 0 Å². The molecule has 1 nitrogen and oxygen atoms in total. The molecule has 1 heteroatoms. The first kappa shape index (κ1) is 12.0. The first-order chi connectivity index (χ1) is 5.61. The van der Waals surface area contributed by atoms with Crippen LogP contribution in [0.25, 0.3) is 0 Å². The summed E-state index contributed by atoms with van der Waals surface area (Å²) in [6, 6.07) is 0.423. The molecule has 2 unspecified atom stereocenters. The standard InChI is InChI=1S/C11H25N/c1-5-7-10(8-9(3)4)11(12)6-2/h9-11H,5-8,12H2,1-4H3. The largest absolute Gasteiger partial charge is 0.327 e. The zero-order valence-electron chi connectivity index (χ0n) is 9.14. The Labute approximate surface area is 77.7 Å². The Morgan fingerprint density at radius 3 is 2.08 bits per heavy atom. The van der Waals surface area contributed by atoms with Crippen LogP contribution < -0.4 is 5.73 Å². The molecule has 74 valence electrons. The second-order valence-corrected chi connectivity index (χ2v) is 4.25. The Hall–Kier alpha value is -0.0400. The van der Waals surface area contributed by atoms with Gasteiger partial charge < -0.3 is 5.73 Å². The molecule has 0 aliphatic carbocycles. The van der Waals surface area contributed by atoms with Gasteiger partial charge in [0.25, 0.3) is 0 Å². The monoisotopic (exact) mass is 171 g/mol. The van der Waals surface area contributed by atoms with E-state index >= 15 is 0 Å². The van der Waals surface area contributed by atoms with E-state index < -0.39 is 0 Å². The first-order valence-electron chi connectivity index (χ1n) is 5.37. The maximum Gasteiger partial charge on any atom is 0.00646 e. The molecular formula is C11H25N. The Morgan fingerprint density at radius 1 is 1.17 bits per heavy atom. The highest BCUT2D eigenvalue weighted by atomic mass is 14.6. The Morgan fingerprint density at radius 2 is 1.75 bits per heavy atom. The Bertz CT molecular complexity index is 99.2. The van der Waals surface area contributed by atoms with Gasteiger partial charge in [-0.3, -0.25) is 0 Å². The van der Waals surface area contributed by atoms with Gasteiger partial charge >= 0.3 is 0 Å². The average Bonchev–Trinajstić information content (AvgIpc) is 2.01. The predicted octanol–water partition coefficient (Wildman–Crippen LogP) is 3.19. The van der Waals surface area contributed by atoms with E-state index in [4.69, 9.17) is 5.73 Å². The minimum Gasteiger partial charge on any atom is -0.327 e. The van der Waals surface area contributed by atoms with Crippen molar-refractivity contribution in [2.75, 3.05) is 0 Å². The molecule has 0 heterocycles. The molecule has 0 radical (unpaired) electrons. The minimum absolute atomic E-state index is 0.423. The van der Waals surface area contributed by atoms with Crippen molar-refractivity contribution in [3.05, 3.63) is 0 Å². The van der Waals surface area contributed by atoms with Crippen molar-refractivity contribution in [1.82, 2.24) is 0 Å². The van der Waals surface area contributed by atoms with Crippen molar-refractivity contribution in [3.8, 4) is 0 Å². The van der Waals surface area contributed by atoms with Crippen molar-refractivity contribution in [2.24, 2.45) is 17.6 Å². The van der Waals surface area contributed by atoms with Crippen LogP contribution in [0, 0.1) is 11.8 Å². The molecule has 0 spiro atoms. The van der Waals surface area contributed by atoms with Gasteiger partial charge in [-0.1, -0.05) is 34.1 Å². The van der Waals surface area contributed by atoms with Crippen LogP contribution in [0.15, 0.2) is 0 Å². The van der Waals surface area contributed by atoms with Crippen molar-refractivity contribution >= 4 is 0 Å². The summed E-state index contributed by atoms with van der Waals surface area (Å²) in [7, 11) is 0. The van der Waals surface area contributed by atoms with Gasteiger partial charge in [0, 0.05) is 6.04 Å². The summed E-state index contributed by atoms with van der Waals surface area (Å²) >= 11 is 0. The van der Waals surface area contributed by atoms with Crippen LogP contribution >= 0.6 is 0 Å². The summed E-state index contributed by atoms with van der Waals surface area (Å²) in [6.45, 7) is 9.00. The molecule has 12 heavy (non-hydrogen) atoms. The summed E-state index contributed by atoms with van der Waals surface area (Å²) in [5.74, 6) is 1.54. The lowest BCUT2D eigenvalue weighted by Gasteiger charge is -2.24. The van der Waals surface area contributed by atoms with Crippen molar-refractivity contribution < 1.29 is 0 Å². The molecule has 0 amide bonds. The summed E-state index contributed by atoms with van der Waals surface area (Å²) in [6.07, 6.45) is 4.98. The van der Waals surface area contributed by atoms with E-state index in [0.717, 1.165) is 18.3 Å². The lowest BCUT2D eigenvalue weighted by atomic mass is 9.86. The van der Waals surface area contributed by atoms with E-state index in [2.05, 4.69) is 27.7 Å². The fourth-order valence-corrected chi connectivity index (χ4v) is 1.82. The number of nitrogens with two attached hydrogens (primary N) is 1. The normalized spacial score (nSPS) is 16.5. The van der Waals surface area contributed by atoms with Gasteiger partial charge in [-0.05, 0) is 31.1 Å². The van der Waals surface area contributed by atoms with Gasteiger partial charge in [0.15, 0.2) is 0 Å². The van der Waals surface area contributed by atoms with E-state index in [1.807, 2.05) is 0 Å². The fraction of sp³-hybridized carbons (Fsp3) is 1.00. The maximum atomic E-state index is 6.05. The zero-order valence-corrected chi connectivity index (χ0v) is 9.14. The molecular weight excluding hydrogens is 146 g/mol. The summed E-state index contributed by atoms with van der Waals surface area (Å²) < 4.78 is 0. The lowest BCUT2D eigenvalue weighted by molar-refractivity contribution is 0.318. The van der Waals surface area contributed by atoms with E-state index in [9.17, 15) is 0 Å². The Kier molecular flexibility index (Phi) is 6.45. The van der Waals surface area contributed by atoms with Crippen LogP contribution in [-0.4, -0.2) is 6.04 Å². The SMILES string of the molecule is CCCC(CC(C)C)C(N)CC. The van der Waals surface area contributed by atoms with Gasteiger partial charge in [0.2, 0.25) is 0 Å². The molecule has 2 atom stereocenters. The summed E-state index contributed by atoms with van der Waals surface area (Å²) in [4.78, 5) is 0. The molecule has 0 rings (SSSR count). The summed E-state index contributed by atoms with van der Waals surface area (Å²) in [5, 5.41) is 0. The highest BCUT2D eigenvalue weighted by Crippen LogP contribution is 2.21. The quantitative estimate of drug-likeness (QED) is 0.652. The topological polar surface area (TPSA) is 26.0 Å². The van der Waals surface area contributed by atoms with Crippen LogP contribution in [0.2, 0.25) is 0 Å². The zero-order chi connectivity index (χ0) is 9.56. The number of rotatable bonds is 6. The van der Waals surface area contributed by atoms with Gasteiger partial charge in [-0.15, -0.1) is 0 Å². The first-order valence-corrected chi connectivity index (χ1v) is 5.37. The predicted molar refractivity (Wildman–Crippen MR) is 56.1 cm³/mol. The minimum atomic E-state index is 0.423. The van der Waals surface area contributed by atoms with Crippen LogP contribution in [-0.2, 0) is 0 Å². The van der Waals surface area contributed by atoms with Crippen LogP contribution in [0.5, 0.6) is 0 Å². The highest BCUT2D eigenvalue weighted by molar-refractivity contribution is 4.72. The second kappa shape index (κ2) is 6.47. The fourth-order valence-electron chi connectivity index (χ4n) is 1.82. The molecule has 0 aromatic heterocycles. The number of hydrogen-bond donors (Lipinski definition) is 1. The summed E-state index contributed by atoms with van der Waals surface area (Å²) in [5.41, 5.74) is 6.05. The third kappa shape index (κ3) is 4.76. The lowest BCUT2D eigenvalue weighted by Crippen LogP contribution is -2.30. The van der Waals surface area contributed by atoms with Gasteiger partial charge in [-0.25, -0.2) is 0 Å². The second-order valence-electron chi connectivity index (χ2n) is 4.25. The van der Waals surface area contributed by atoms with E-state index in [1.54, 1.807) is 0 Å². The molecule has 0 aromatic carbocycles. The number of hydrogen-bond acceptors (Lipinski definition) is 1. The Balaban J connectivity index is 3.84. The third-order valence-electron chi connectivity index (χ3n) is 2.51. The molecule has 0 bridgehead atoms. The van der Waals surface area contributed by atoms with Crippen molar-refractivity contribution in [3.63, 3.8) is 0 Å². The van der Waals surface area contributed by atoms with Gasteiger partial charge in [0.1, 0.15) is 0 Å². The van der Waals surface area contributed by atoms with E-state index in [1.165, 1.54) is 19.3 Å². The van der Waals surface area contributed by atoms with Gasteiger partial charge in [-0.2, -0.15) is 0 Å². The molecule has 0 fully saturated rings. The maximum absolute atomic E-state index is 6.05. The molecule has 0 aliphatic heterocycles. The van der Waals surface area contributed by atoms with Gasteiger partial charge in [0.05, 0.1) is 0 Å². The third-order valence-corrected chi connectivity index (χ3v) is 2.51. The average molecular weight is 171 g/mol. The van der Waals surface area contributed by atoms with E-state index in [0.29, 0.717) is 6.04 Å². The van der Waals surface area contributed by atoms with Crippen molar-refractivity contribution in [1.29, 1.82) is 0 Å². The molecule has 0 aliphatic rings. The van der Waals surface area contributed by atoms with Crippen LogP contribution in [0.3, 0.4) is 0 Å². The van der Waals surface area contributed by atoms with Crippen molar-refractivity contribution in [2.45, 2.75) is 59.4 Å². The highest BCUT2D eigenvalue weighted by Gasteiger charge is 2.16. The molecule has 0 aromatic rings. The molecule has 0 saturated heterocycles. The van der Waals surface area contributed by atoms with Crippen LogP contribution in [0.1, 0.15) is 53.4 Å². The van der Waals surface area contributed by atoms with E-state index in [-0.39, 0.29) is 0 Å².